The number of Topliss-reactive ketones (excluding diaryl/α,β-unsaturated/α-hetero) is 1. The minimum absolute atomic E-state index is 0.0260. The van der Waals surface area contributed by atoms with E-state index in [0.29, 0.717) is 13.0 Å². The van der Waals surface area contributed by atoms with E-state index in [-0.39, 0.29) is 44.4 Å². The van der Waals surface area contributed by atoms with Crippen molar-refractivity contribution in [2.75, 3.05) is 19.8 Å². The molecule has 48 heavy (non-hydrogen) atoms. The van der Waals surface area contributed by atoms with Gasteiger partial charge in [-0.1, -0.05) is 105 Å². The highest BCUT2D eigenvalue weighted by atomic mass is 16.5. The first kappa shape index (κ1) is 37.4. The SMILES string of the molecule is CC(=O)NC[C@H](NC(=O)[C@H](Cc1ccccc1)NC(=O)[C@H](CC(C)C)NC(=O)OCc1ccccc1)C(=O)COCCc1ccccc1. The predicted octanol–water partition coefficient (Wildman–Crippen LogP) is 3.50. The molecule has 0 saturated heterocycles. The summed E-state index contributed by atoms with van der Waals surface area (Å²) < 4.78 is 10.9. The third-order valence-corrected chi connectivity index (χ3v) is 7.33. The van der Waals surface area contributed by atoms with Crippen LogP contribution in [0.15, 0.2) is 91.0 Å². The van der Waals surface area contributed by atoms with Crippen molar-refractivity contribution < 1.29 is 33.4 Å². The average Bonchev–Trinajstić information content (AvgIpc) is 3.08. The average molecular weight is 659 g/mol. The van der Waals surface area contributed by atoms with Gasteiger partial charge in [-0.3, -0.25) is 19.2 Å². The second-order valence-electron chi connectivity index (χ2n) is 11.9. The number of hydrogen-bond acceptors (Lipinski definition) is 7. The minimum Gasteiger partial charge on any atom is -0.445 e. The smallest absolute Gasteiger partial charge is 0.408 e. The van der Waals surface area contributed by atoms with E-state index in [9.17, 15) is 24.0 Å². The van der Waals surface area contributed by atoms with Crippen LogP contribution in [0.25, 0.3) is 0 Å². The monoisotopic (exact) mass is 658 g/mol. The normalized spacial score (nSPS) is 12.7. The van der Waals surface area contributed by atoms with Crippen LogP contribution >= 0.6 is 0 Å². The summed E-state index contributed by atoms with van der Waals surface area (Å²) in [4.78, 5) is 64.9. The van der Waals surface area contributed by atoms with E-state index < -0.39 is 41.8 Å². The van der Waals surface area contributed by atoms with Gasteiger partial charge in [0.1, 0.15) is 31.3 Å². The Labute approximate surface area is 282 Å². The zero-order valence-electron chi connectivity index (χ0n) is 27.8. The molecule has 3 rings (SSSR count). The van der Waals surface area contributed by atoms with E-state index in [1.165, 1.54) is 6.92 Å². The molecule has 0 unspecified atom stereocenters. The van der Waals surface area contributed by atoms with Gasteiger partial charge in [0.15, 0.2) is 5.78 Å². The van der Waals surface area contributed by atoms with Crippen molar-refractivity contribution in [3.63, 3.8) is 0 Å². The maximum atomic E-state index is 13.7. The minimum atomic E-state index is -1.11. The van der Waals surface area contributed by atoms with Gasteiger partial charge in [-0.25, -0.2) is 4.79 Å². The van der Waals surface area contributed by atoms with E-state index >= 15 is 0 Å². The lowest BCUT2D eigenvalue weighted by Gasteiger charge is -2.26. The fraction of sp³-hybridized carbons (Fsp3) is 0.378. The molecule has 0 saturated carbocycles. The Balaban J connectivity index is 1.70. The van der Waals surface area contributed by atoms with Crippen LogP contribution in [0.1, 0.15) is 43.9 Å². The Kier molecular flexibility index (Phi) is 15.8. The standard InChI is InChI=1S/C37H46N4O7/c1-26(2)21-31(41-37(46)48-24-30-17-11-6-12-18-30)35(44)39-32(22-29-15-9-5-10-16-29)36(45)40-33(23-38-27(3)42)34(43)25-47-20-19-28-13-7-4-8-14-28/h4-18,26,31-33H,19-25H2,1-3H3,(H,38,42)(H,39,44)(H,40,45)(H,41,46)/t31-,32-,33-/m0/s1. The lowest BCUT2D eigenvalue weighted by atomic mass is 10.0. The van der Waals surface area contributed by atoms with Crippen molar-refractivity contribution >= 4 is 29.6 Å². The number of alkyl carbamates (subject to hydrolysis) is 1. The maximum absolute atomic E-state index is 13.7. The number of amides is 4. The van der Waals surface area contributed by atoms with Crippen molar-refractivity contribution in [3.8, 4) is 0 Å². The molecule has 0 radical (unpaired) electrons. The number of rotatable bonds is 19. The summed E-state index contributed by atoms with van der Waals surface area (Å²) in [7, 11) is 0. The number of carbonyl (C=O) groups excluding carboxylic acids is 5. The Morgan fingerprint density at radius 2 is 1.21 bits per heavy atom. The number of ether oxygens (including phenoxy) is 2. The molecule has 0 aliphatic rings. The van der Waals surface area contributed by atoms with Gasteiger partial charge in [-0.2, -0.15) is 0 Å². The second kappa shape index (κ2) is 20.3. The molecular weight excluding hydrogens is 612 g/mol. The molecule has 11 heteroatoms. The molecule has 0 aliphatic heterocycles. The molecule has 3 aromatic rings. The lowest BCUT2D eigenvalue weighted by Crippen LogP contribution is -2.58. The molecule has 0 heterocycles. The zero-order valence-corrected chi connectivity index (χ0v) is 27.8. The highest BCUT2D eigenvalue weighted by Crippen LogP contribution is 2.10. The predicted molar refractivity (Wildman–Crippen MR) is 182 cm³/mol. The summed E-state index contributed by atoms with van der Waals surface area (Å²) in [5.74, 6) is -1.99. The van der Waals surface area contributed by atoms with Gasteiger partial charge in [0.2, 0.25) is 17.7 Å². The molecule has 0 aliphatic carbocycles. The second-order valence-corrected chi connectivity index (χ2v) is 11.9. The van der Waals surface area contributed by atoms with Gasteiger partial charge in [0.05, 0.1) is 6.61 Å². The third-order valence-electron chi connectivity index (χ3n) is 7.33. The van der Waals surface area contributed by atoms with Gasteiger partial charge >= 0.3 is 6.09 Å². The van der Waals surface area contributed by atoms with Crippen molar-refractivity contribution in [3.05, 3.63) is 108 Å². The zero-order chi connectivity index (χ0) is 34.7. The largest absolute Gasteiger partial charge is 0.445 e. The van der Waals surface area contributed by atoms with Gasteiger partial charge in [-0.05, 0) is 35.4 Å². The first-order valence-corrected chi connectivity index (χ1v) is 16.1. The Morgan fingerprint density at radius 3 is 1.79 bits per heavy atom. The van der Waals surface area contributed by atoms with E-state index in [0.717, 1.165) is 16.7 Å². The van der Waals surface area contributed by atoms with Gasteiger partial charge < -0.3 is 30.7 Å². The summed E-state index contributed by atoms with van der Waals surface area (Å²) in [5, 5.41) is 10.7. The van der Waals surface area contributed by atoms with Crippen LogP contribution in [0.4, 0.5) is 4.79 Å². The van der Waals surface area contributed by atoms with Crippen LogP contribution in [0.5, 0.6) is 0 Å². The highest BCUT2D eigenvalue weighted by molar-refractivity contribution is 5.95. The molecule has 11 nitrogen and oxygen atoms in total. The quantitative estimate of drug-likeness (QED) is 0.144. The number of nitrogens with one attached hydrogen (secondary N) is 4. The lowest BCUT2D eigenvalue weighted by molar-refractivity contribution is -0.133. The topological polar surface area (TPSA) is 152 Å². The number of benzene rings is 3. The van der Waals surface area contributed by atoms with Crippen LogP contribution in [-0.2, 0) is 48.1 Å². The molecule has 4 N–H and O–H groups in total. The molecule has 0 aromatic heterocycles. The molecular formula is C37H46N4O7. The van der Waals surface area contributed by atoms with E-state index in [4.69, 9.17) is 9.47 Å². The number of ketones is 1. The summed E-state index contributed by atoms with van der Waals surface area (Å²) in [6.45, 7) is 5.02. The fourth-order valence-electron chi connectivity index (χ4n) is 4.81. The third kappa shape index (κ3) is 14.2. The van der Waals surface area contributed by atoms with Crippen LogP contribution in [-0.4, -0.2) is 67.5 Å². The first-order valence-electron chi connectivity index (χ1n) is 16.1. The van der Waals surface area contributed by atoms with E-state index in [2.05, 4.69) is 21.3 Å². The number of hydrogen-bond donors (Lipinski definition) is 4. The van der Waals surface area contributed by atoms with Crippen LogP contribution in [0, 0.1) is 5.92 Å². The Bertz CT molecular complexity index is 1450. The van der Waals surface area contributed by atoms with E-state index in [1.54, 1.807) is 0 Å². The van der Waals surface area contributed by atoms with Crippen LogP contribution < -0.4 is 21.3 Å². The molecule has 0 fully saturated rings. The molecule has 4 amide bonds. The number of carbonyl (C=O) groups is 5. The Morgan fingerprint density at radius 1 is 0.667 bits per heavy atom. The summed E-state index contributed by atoms with van der Waals surface area (Å²) in [5.41, 5.74) is 2.62. The van der Waals surface area contributed by atoms with Gasteiger partial charge in [-0.15, -0.1) is 0 Å². The maximum Gasteiger partial charge on any atom is 0.408 e. The van der Waals surface area contributed by atoms with Crippen molar-refractivity contribution in [2.45, 2.75) is 64.8 Å². The fourth-order valence-corrected chi connectivity index (χ4v) is 4.81. The molecule has 3 aromatic carbocycles. The van der Waals surface area contributed by atoms with Crippen molar-refractivity contribution in [2.24, 2.45) is 5.92 Å². The summed E-state index contributed by atoms with van der Waals surface area (Å²) >= 11 is 0. The van der Waals surface area contributed by atoms with Crippen LogP contribution in [0.3, 0.4) is 0 Å². The van der Waals surface area contributed by atoms with Crippen LogP contribution in [0.2, 0.25) is 0 Å². The van der Waals surface area contributed by atoms with E-state index in [1.807, 2.05) is 105 Å². The molecule has 256 valence electrons. The van der Waals surface area contributed by atoms with Gasteiger partial charge in [0, 0.05) is 19.9 Å². The molecule has 0 spiro atoms. The Hall–Kier alpha value is -5.03. The molecule has 3 atom stereocenters. The summed E-state index contributed by atoms with van der Waals surface area (Å²) in [6, 6.07) is 24.7. The summed E-state index contributed by atoms with van der Waals surface area (Å²) in [6.07, 6.45) is 0.236. The van der Waals surface area contributed by atoms with Crippen molar-refractivity contribution in [1.29, 1.82) is 0 Å². The highest BCUT2D eigenvalue weighted by Gasteiger charge is 2.30. The van der Waals surface area contributed by atoms with Crippen molar-refractivity contribution in [1.82, 2.24) is 21.3 Å². The van der Waals surface area contributed by atoms with Gasteiger partial charge in [0.25, 0.3) is 0 Å². The molecule has 0 bridgehead atoms. The first-order chi connectivity index (χ1) is 23.1.